The third kappa shape index (κ3) is 3.24. The van der Waals surface area contributed by atoms with Gasteiger partial charge in [-0.05, 0) is 17.7 Å². The van der Waals surface area contributed by atoms with E-state index >= 15 is 0 Å². The Balaban J connectivity index is 2.44. The molecule has 0 aliphatic carbocycles. The van der Waals surface area contributed by atoms with Crippen molar-refractivity contribution in [2.75, 3.05) is 14.2 Å². The molecule has 0 saturated carbocycles. The Bertz CT molecular complexity index is 660. The molecule has 0 fully saturated rings. The number of carbonyl (C=O) groups is 1. The van der Waals surface area contributed by atoms with Crippen LogP contribution in [-0.4, -0.2) is 26.4 Å². The van der Waals surface area contributed by atoms with Crippen LogP contribution >= 0.6 is 7.60 Å². The van der Waals surface area contributed by atoms with Gasteiger partial charge in [-0.25, -0.2) is 4.79 Å². The van der Waals surface area contributed by atoms with Crippen molar-refractivity contribution in [1.29, 1.82) is 0 Å². The molecule has 0 saturated heterocycles. The standard InChI is InChI=1S/C13H12F3O5P/c1-19-22(18,20-2)12-10-7-8(5-6-13(14,15)16)3-4-9(10)11(17)21-12/h3-7,12H,1-2H3/b6-5+. The van der Waals surface area contributed by atoms with Crippen LogP contribution in [0.3, 0.4) is 0 Å². The van der Waals surface area contributed by atoms with Crippen molar-refractivity contribution in [1.82, 2.24) is 0 Å². The summed E-state index contributed by atoms with van der Waals surface area (Å²) in [5, 5.41) is 0. The number of rotatable bonds is 4. The molecule has 0 bridgehead atoms. The number of carbonyl (C=O) groups excluding carboxylic acids is 1. The van der Waals surface area contributed by atoms with Crippen LogP contribution in [0.25, 0.3) is 6.08 Å². The van der Waals surface area contributed by atoms with Gasteiger partial charge < -0.3 is 13.8 Å². The molecular weight excluding hydrogens is 324 g/mol. The Kier molecular flexibility index (Phi) is 4.47. The summed E-state index contributed by atoms with van der Waals surface area (Å²) in [5.74, 6) is -2.04. The Morgan fingerprint density at radius 1 is 1.27 bits per heavy atom. The van der Waals surface area contributed by atoms with E-state index in [0.717, 1.165) is 20.3 Å². The highest BCUT2D eigenvalue weighted by molar-refractivity contribution is 7.54. The van der Waals surface area contributed by atoms with Crippen LogP contribution in [0.2, 0.25) is 0 Å². The number of cyclic esters (lactones) is 1. The minimum Gasteiger partial charge on any atom is -0.441 e. The summed E-state index contributed by atoms with van der Waals surface area (Å²) >= 11 is 0. The molecule has 0 amide bonds. The van der Waals surface area contributed by atoms with Gasteiger partial charge in [-0.2, -0.15) is 13.2 Å². The van der Waals surface area contributed by atoms with Crippen LogP contribution in [0.1, 0.15) is 27.3 Å². The van der Waals surface area contributed by atoms with E-state index in [4.69, 9.17) is 13.8 Å². The van der Waals surface area contributed by atoms with E-state index in [1.807, 2.05) is 0 Å². The maximum Gasteiger partial charge on any atom is 0.409 e. The molecular formula is C13H12F3O5P. The van der Waals surface area contributed by atoms with E-state index in [2.05, 4.69) is 0 Å². The number of esters is 1. The highest BCUT2D eigenvalue weighted by Gasteiger charge is 2.45. The average Bonchev–Trinajstić information content (AvgIpc) is 2.81. The van der Waals surface area contributed by atoms with Crippen molar-refractivity contribution in [2.45, 2.75) is 12.0 Å². The number of fused-ring (bicyclic) bond motifs is 1. The van der Waals surface area contributed by atoms with Crippen LogP contribution < -0.4 is 0 Å². The SMILES string of the molecule is COP(=O)(OC)C1OC(=O)c2ccc(/C=C/C(F)(F)F)cc21. The predicted molar refractivity (Wildman–Crippen MR) is 71.3 cm³/mol. The first-order valence-corrected chi connectivity index (χ1v) is 7.63. The topological polar surface area (TPSA) is 61.8 Å². The van der Waals surface area contributed by atoms with E-state index in [1.165, 1.54) is 18.2 Å². The van der Waals surface area contributed by atoms with E-state index in [-0.39, 0.29) is 22.8 Å². The van der Waals surface area contributed by atoms with Gasteiger partial charge in [0.25, 0.3) is 0 Å². The molecule has 1 atom stereocenters. The Morgan fingerprint density at radius 3 is 2.45 bits per heavy atom. The van der Waals surface area contributed by atoms with Crippen LogP contribution in [0.5, 0.6) is 0 Å². The first-order valence-electron chi connectivity index (χ1n) is 6.02. The lowest BCUT2D eigenvalue weighted by molar-refractivity contribution is -0.0790. The maximum atomic E-state index is 12.4. The van der Waals surface area contributed by atoms with Crippen molar-refractivity contribution >= 4 is 19.6 Å². The van der Waals surface area contributed by atoms with Gasteiger partial charge in [0.15, 0.2) is 0 Å². The van der Waals surface area contributed by atoms with Gasteiger partial charge in [0.2, 0.25) is 5.85 Å². The molecule has 1 unspecified atom stereocenters. The second-order valence-electron chi connectivity index (χ2n) is 4.38. The van der Waals surface area contributed by atoms with Crippen molar-refractivity contribution in [3.63, 3.8) is 0 Å². The predicted octanol–water partition coefficient (Wildman–Crippen LogP) is 3.92. The molecule has 2 rings (SSSR count). The summed E-state index contributed by atoms with van der Waals surface area (Å²) in [6.45, 7) is 0. The number of alkyl halides is 3. The summed E-state index contributed by atoms with van der Waals surface area (Å²) in [6, 6.07) is 3.93. The highest BCUT2D eigenvalue weighted by Crippen LogP contribution is 2.63. The zero-order valence-corrected chi connectivity index (χ0v) is 12.5. The molecule has 0 spiro atoms. The minimum atomic E-state index is -4.46. The quantitative estimate of drug-likeness (QED) is 0.616. The van der Waals surface area contributed by atoms with Crippen molar-refractivity contribution in [3.05, 3.63) is 41.0 Å². The number of ether oxygens (including phenoxy) is 1. The highest BCUT2D eigenvalue weighted by atomic mass is 31.2. The summed E-state index contributed by atoms with van der Waals surface area (Å²) in [6.07, 6.45) is -3.56. The van der Waals surface area contributed by atoms with Gasteiger partial charge in [-0.15, -0.1) is 0 Å². The Morgan fingerprint density at radius 2 is 1.91 bits per heavy atom. The van der Waals surface area contributed by atoms with E-state index in [0.29, 0.717) is 0 Å². The van der Waals surface area contributed by atoms with Crippen LogP contribution in [0, 0.1) is 0 Å². The molecule has 1 aliphatic heterocycles. The fourth-order valence-electron chi connectivity index (χ4n) is 2.00. The third-order valence-corrected chi connectivity index (χ3v) is 5.02. The van der Waals surface area contributed by atoms with Crippen molar-refractivity contribution < 1.29 is 36.3 Å². The largest absolute Gasteiger partial charge is 0.441 e. The van der Waals surface area contributed by atoms with Gasteiger partial charge in [0, 0.05) is 25.9 Å². The fourth-order valence-corrected chi connectivity index (χ4v) is 3.31. The van der Waals surface area contributed by atoms with Gasteiger partial charge in [0.05, 0.1) is 5.56 Å². The first kappa shape index (κ1) is 16.7. The second kappa shape index (κ2) is 5.87. The normalized spacial score (nSPS) is 18.6. The lowest BCUT2D eigenvalue weighted by Crippen LogP contribution is -2.03. The Labute approximate surface area is 124 Å². The number of hydrogen-bond donors (Lipinski definition) is 0. The molecule has 22 heavy (non-hydrogen) atoms. The molecule has 0 radical (unpaired) electrons. The van der Waals surface area contributed by atoms with Crippen LogP contribution in [0.15, 0.2) is 24.3 Å². The number of benzene rings is 1. The third-order valence-electron chi connectivity index (χ3n) is 3.04. The van der Waals surface area contributed by atoms with Crippen LogP contribution in [-0.2, 0) is 18.3 Å². The van der Waals surface area contributed by atoms with Crippen LogP contribution in [0.4, 0.5) is 13.2 Å². The second-order valence-corrected chi connectivity index (χ2v) is 6.66. The zero-order chi connectivity index (χ0) is 16.5. The fraction of sp³-hybridized carbons (Fsp3) is 0.308. The van der Waals surface area contributed by atoms with Gasteiger partial charge in [-0.3, -0.25) is 4.57 Å². The minimum absolute atomic E-state index is 0.0631. The van der Waals surface area contributed by atoms with Gasteiger partial charge >= 0.3 is 19.7 Å². The lowest BCUT2D eigenvalue weighted by atomic mass is 10.1. The molecule has 5 nitrogen and oxygen atoms in total. The molecule has 9 heteroatoms. The molecule has 1 heterocycles. The monoisotopic (exact) mass is 336 g/mol. The number of halogens is 3. The first-order chi connectivity index (χ1) is 10.2. The van der Waals surface area contributed by atoms with Crippen molar-refractivity contribution in [2.24, 2.45) is 0 Å². The summed E-state index contributed by atoms with van der Waals surface area (Å²) in [5.41, 5.74) is 0.461. The molecule has 0 N–H and O–H groups in total. The maximum absolute atomic E-state index is 12.4. The number of allylic oxidation sites excluding steroid dienone is 1. The molecule has 1 aromatic carbocycles. The van der Waals surface area contributed by atoms with Gasteiger partial charge in [-0.1, -0.05) is 12.1 Å². The molecule has 1 aromatic rings. The Hall–Kier alpha value is -1.63. The molecule has 0 aromatic heterocycles. The summed E-state index contributed by atoms with van der Waals surface area (Å²) < 4.78 is 63.5. The van der Waals surface area contributed by atoms with Gasteiger partial charge in [0.1, 0.15) is 0 Å². The average molecular weight is 336 g/mol. The lowest BCUT2D eigenvalue weighted by Gasteiger charge is -2.19. The smallest absolute Gasteiger partial charge is 0.409 e. The molecule has 120 valence electrons. The van der Waals surface area contributed by atoms with E-state index in [1.54, 1.807) is 0 Å². The van der Waals surface area contributed by atoms with E-state index in [9.17, 15) is 22.5 Å². The summed E-state index contributed by atoms with van der Waals surface area (Å²) in [7, 11) is -1.50. The van der Waals surface area contributed by atoms with Crippen molar-refractivity contribution in [3.8, 4) is 0 Å². The molecule has 1 aliphatic rings. The number of hydrogen-bond acceptors (Lipinski definition) is 5. The zero-order valence-electron chi connectivity index (χ0n) is 11.6. The summed E-state index contributed by atoms with van der Waals surface area (Å²) in [4.78, 5) is 11.7. The van der Waals surface area contributed by atoms with E-state index < -0.39 is 25.6 Å².